The quantitative estimate of drug-likeness (QED) is 0.668. The minimum absolute atomic E-state index is 0.0771. The SMILES string of the molecule is Cc1nc(COc2ccc(NC(=O)C3(Cc4ccccc4F)CC3)cc2)no1. The normalized spacial score (nSPS) is 14.5. The van der Waals surface area contributed by atoms with E-state index in [1.165, 1.54) is 6.07 Å². The van der Waals surface area contributed by atoms with Crippen molar-refractivity contribution in [2.75, 3.05) is 5.32 Å². The van der Waals surface area contributed by atoms with E-state index in [9.17, 15) is 9.18 Å². The summed E-state index contributed by atoms with van der Waals surface area (Å²) in [6.07, 6.45) is 1.94. The highest BCUT2D eigenvalue weighted by atomic mass is 19.1. The van der Waals surface area contributed by atoms with Gasteiger partial charge in [0.2, 0.25) is 17.6 Å². The molecule has 0 atom stereocenters. The average molecular weight is 381 g/mol. The van der Waals surface area contributed by atoms with Crippen LogP contribution in [0.15, 0.2) is 53.1 Å². The molecule has 0 aliphatic heterocycles. The summed E-state index contributed by atoms with van der Waals surface area (Å²) in [5.74, 6) is 1.25. The van der Waals surface area contributed by atoms with Gasteiger partial charge in [-0.25, -0.2) is 4.39 Å². The average Bonchev–Trinajstić information content (AvgIpc) is 3.36. The highest BCUT2D eigenvalue weighted by Gasteiger charge is 2.49. The third-order valence-corrected chi connectivity index (χ3v) is 4.87. The first-order valence-electron chi connectivity index (χ1n) is 9.11. The summed E-state index contributed by atoms with van der Waals surface area (Å²) in [4.78, 5) is 16.8. The number of aryl methyl sites for hydroxylation is 1. The van der Waals surface area contributed by atoms with Crippen molar-refractivity contribution < 1.29 is 18.4 Å². The molecule has 0 radical (unpaired) electrons. The number of halogens is 1. The van der Waals surface area contributed by atoms with Crippen molar-refractivity contribution in [2.45, 2.75) is 32.8 Å². The van der Waals surface area contributed by atoms with Gasteiger partial charge in [0.1, 0.15) is 11.6 Å². The van der Waals surface area contributed by atoms with Crippen LogP contribution < -0.4 is 10.1 Å². The van der Waals surface area contributed by atoms with E-state index >= 15 is 0 Å². The van der Waals surface area contributed by atoms with Gasteiger partial charge in [-0.3, -0.25) is 4.79 Å². The maximum atomic E-state index is 13.9. The highest BCUT2D eigenvalue weighted by Crippen LogP contribution is 2.49. The van der Waals surface area contributed by atoms with Gasteiger partial charge < -0.3 is 14.6 Å². The second-order valence-corrected chi connectivity index (χ2v) is 7.05. The molecule has 0 saturated heterocycles. The lowest BCUT2D eigenvalue weighted by molar-refractivity contribution is -0.121. The van der Waals surface area contributed by atoms with Gasteiger partial charge in [0.05, 0.1) is 5.41 Å². The lowest BCUT2D eigenvalue weighted by Gasteiger charge is -2.16. The number of nitrogens with one attached hydrogen (secondary N) is 1. The second-order valence-electron chi connectivity index (χ2n) is 7.05. The van der Waals surface area contributed by atoms with Crippen molar-refractivity contribution in [3.63, 3.8) is 0 Å². The van der Waals surface area contributed by atoms with E-state index < -0.39 is 5.41 Å². The van der Waals surface area contributed by atoms with Gasteiger partial charge in [0, 0.05) is 12.6 Å². The van der Waals surface area contributed by atoms with Crippen LogP contribution in [0.4, 0.5) is 10.1 Å². The number of carbonyl (C=O) groups is 1. The van der Waals surface area contributed by atoms with Crippen LogP contribution in [0.25, 0.3) is 0 Å². The standard InChI is InChI=1S/C21H20FN3O3/c1-14-23-19(25-28-14)13-27-17-8-6-16(7-9-17)24-20(26)21(10-11-21)12-15-4-2-3-5-18(15)22/h2-9H,10-13H2,1H3,(H,24,26). The minimum atomic E-state index is -0.520. The van der Waals surface area contributed by atoms with Crippen LogP contribution in [0, 0.1) is 18.2 Å². The van der Waals surface area contributed by atoms with Crippen molar-refractivity contribution in [1.82, 2.24) is 10.1 Å². The van der Waals surface area contributed by atoms with Crippen molar-refractivity contribution in [3.05, 3.63) is 71.6 Å². The Morgan fingerprint density at radius 2 is 1.96 bits per heavy atom. The molecule has 2 aromatic carbocycles. The lowest BCUT2D eigenvalue weighted by atomic mass is 9.95. The second kappa shape index (κ2) is 7.42. The maximum Gasteiger partial charge on any atom is 0.230 e. The van der Waals surface area contributed by atoms with Crippen LogP contribution in [0.5, 0.6) is 5.75 Å². The molecule has 7 heteroatoms. The molecule has 3 aromatic rings. The van der Waals surface area contributed by atoms with Crippen LogP contribution >= 0.6 is 0 Å². The van der Waals surface area contributed by atoms with E-state index in [1.807, 2.05) is 0 Å². The Balaban J connectivity index is 1.35. The van der Waals surface area contributed by atoms with E-state index in [2.05, 4.69) is 15.5 Å². The summed E-state index contributed by atoms with van der Waals surface area (Å²) in [5.41, 5.74) is 0.733. The van der Waals surface area contributed by atoms with Crippen LogP contribution in [0.2, 0.25) is 0 Å². The first-order chi connectivity index (χ1) is 13.5. The molecule has 4 rings (SSSR count). The molecular formula is C21H20FN3O3. The third-order valence-electron chi connectivity index (χ3n) is 4.87. The van der Waals surface area contributed by atoms with Crippen LogP contribution in [-0.4, -0.2) is 16.0 Å². The Morgan fingerprint density at radius 1 is 1.21 bits per heavy atom. The first-order valence-corrected chi connectivity index (χ1v) is 9.11. The molecule has 0 unspecified atom stereocenters. The van der Waals surface area contributed by atoms with Crippen LogP contribution in [0.1, 0.15) is 30.1 Å². The number of amides is 1. The minimum Gasteiger partial charge on any atom is -0.485 e. The van der Waals surface area contributed by atoms with E-state index in [1.54, 1.807) is 49.4 Å². The molecule has 1 aliphatic carbocycles. The molecule has 28 heavy (non-hydrogen) atoms. The van der Waals surface area contributed by atoms with Gasteiger partial charge in [-0.15, -0.1) is 0 Å². The van der Waals surface area contributed by atoms with E-state index in [0.717, 1.165) is 12.8 Å². The molecule has 1 saturated carbocycles. The molecule has 1 N–H and O–H groups in total. The molecule has 0 bridgehead atoms. The Hall–Kier alpha value is -3.22. The fourth-order valence-corrected chi connectivity index (χ4v) is 3.09. The summed E-state index contributed by atoms with van der Waals surface area (Å²) in [5, 5.41) is 6.70. The topological polar surface area (TPSA) is 77.2 Å². The van der Waals surface area contributed by atoms with Crippen molar-refractivity contribution in [2.24, 2.45) is 5.41 Å². The van der Waals surface area contributed by atoms with E-state index in [0.29, 0.717) is 35.1 Å². The lowest BCUT2D eigenvalue weighted by Crippen LogP contribution is -2.26. The molecule has 1 aliphatic rings. The maximum absolute atomic E-state index is 13.9. The number of hydrogen-bond donors (Lipinski definition) is 1. The fourth-order valence-electron chi connectivity index (χ4n) is 3.09. The van der Waals surface area contributed by atoms with E-state index in [-0.39, 0.29) is 18.3 Å². The zero-order valence-electron chi connectivity index (χ0n) is 15.4. The molecule has 0 spiro atoms. The van der Waals surface area contributed by atoms with Crippen LogP contribution in [0.3, 0.4) is 0 Å². The predicted molar refractivity (Wildman–Crippen MR) is 100 cm³/mol. The van der Waals surface area contributed by atoms with Gasteiger partial charge in [-0.1, -0.05) is 23.4 Å². The molecule has 144 valence electrons. The predicted octanol–water partition coefficient (Wildman–Crippen LogP) is 4.06. The molecule has 1 heterocycles. The number of ether oxygens (including phenoxy) is 1. The van der Waals surface area contributed by atoms with Crippen molar-refractivity contribution >= 4 is 11.6 Å². The number of carbonyl (C=O) groups excluding carboxylic acids is 1. The molecule has 1 fully saturated rings. The fraction of sp³-hybridized carbons (Fsp3) is 0.286. The largest absolute Gasteiger partial charge is 0.485 e. The molecule has 1 aromatic heterocycles. The summed E-state index contributed by atoms with van der Waals surface area (Å²) in [7, 11) is 0. The zero-order chi connectivity index (χ0) is 19.6. The Labute approximate surface area is 161 Å². The number of nitrogens with zero attached hydrogens (tertiary/aromatic N) is 2. The van der Waals surface area contributed by atoms with Gasteiger partial charge in [0.15, 0.2) is 6.61 Å². The van der Waals surface area contributed by atoms with Gasteiger partial charge >= 0.3 is 0 Å². The highest BCUT2D eigenvalue weighted by molar-refractivity contribution is 5.97. The zero-order valence-corrected chi connectivity index (χ0v) is 15.4. The number of rotatable bonds is 7. The van der Waals surface area contributed by atoms with Gasteiger partial charge in [-0.05, 0) is 55.2 Å². The number of hydrogen-bond acceptors (Lipinski definition) is 5. The Kier molecular flexibility index (Phi) is 4.81. The van der Waals surface area contributed by atoms with Crippen molar-refractivity contribution in [3.8, 4) is 5.75 Å². The number of anilines is 1. The van der Waals surface area contributed by atoms with Crippen molar-refractivity contribution in [1.29, 1.82) is 0 Å². The summed E-state index contributed by atoms with van der Waals surface area (Å²) < 4.78 is 24.4. The monoisotopic (exact) mass is 381 g/mol. The summed E-state index contributed by atoms with van der Waals surface area (Å²) >= 11 is 0. The Morgan fingerprint density at radius 3 is 2.61 bits per heavy atom. The molecular weight excluding hydrogens is 361 g/mol. The first kappa shape index (κ1) is 18.2. The molecule has 1 amide bonds. The van der Waals surface area contributed by atoms with E-state index in [4.69, 9.17) is 9.26 Å². The number of aromatic nitrogens is 2. The smallest absolute Gasteiger partial charge is 0.230 e. The molecule has 6 nitrogen and oxygen atoms in total. The summed E-state index contributed by atoms with van der Waals surface area (Å²) in [6, 6.07) is 13.7. The third kappa shape index (κ3) is 4.03. The van der Waals surface area contributed by atoms with Crippen LogP contribution in [-0.2, 0) is 17.8 Å². The summed E-state index contributed by atoms with van der Waals surface area (Å²) in [6.45, 7) is 1.92. The van der Waals surface area contributed by atoms with Gasteiger partial charge in [-0.2, -0.15) is 4.98 Å². The van der Waals surface area contributed by atoms with Gasteiger partial charge in [0.25, 0.3) is 0 Å². The number of benzene rings is 2. The Bertz CT molecular complexity index is 981.